The van der Waals surface area contributed by atoms with E-state index in [9.17, 15) is 19.5 Å². The number of aliphatic hydroxyl groups excluding tert-OH is 1. The number of nitrogens with zero attached hydrogens (tertiary/aromatic N) is 7. The molecule has 1 aliphatic rings. The van der Waals surface area contributed by atoms with Crippen molar-refractivity contribution in [3.8, 4) is 16.9 Å². The number of hydrogen-bond donors (Lipinski definition) is 2. The van der Waals surface area contributed by atoms with Crippen LogP contribution in [0.3, 0.4) is 0 Å². The smallest absolute Gasteiger partial charge is 0.333 e. The first kappa shape index (κ1) is 34.2. The summed E-state index contributed by atoms with van der Waals surface area (Å²) < 4.78 is 7.64. The van der Waals surface area contributed by atoms with E-state index in [1.54, 1.807) is 40.9 Å². The van der Waals surface area contributed by atoms with Crippen LogP contribution in [0.5, 0.6) is 0 Å². The minimum absolute atomic E-state index is 0.0659. The number of halogens is 1. The maximum atomic E-state index is 14.4. The molecular weight excluding hydrogens is 712 g/mol. The molecule has 4 heterocycles. The monoisotopic (exact) mass is 750 g/mol. The van der Waals surface area contributed by atoms with Crippen molar-refractivity contribution >= 4 is 38.8 Å². The first-order valence-corrected chi connectivity index (χ1v) is 17.8. The SMILES string of the molecule is CCn1ccc(-c2ccccc2CNC(=O)c2c3n(c(=O)n2-c2ccc4c(c2)ncn4C[C@@H](C)O)C[C@H](C)N(C(=O)c2ccc(Br)c(C)c2)C3)n1. The molecule has 51 heavy (non-hydrogen) atoms. The van der Waals surface area contributed by atoms with E-state index in [0.717, 1.165) is 38.9 Å². The minimum atomic E-state index is -0.570. The minimum Gasteiger partial charge on any atom is -0.392 e. The van der Waals surface area contributed by atoms with Gasteiger partial charge in [-0.2, -0.15) is 5.10 Å². The lowest BCUT2D eigenvalue weighted by Gasteiger charge is -2.34. The molecule has 0 spiro atoms. The zero-order valence-corrected chi connectivity index (χ0v) is 30.5. The Morgan fingerprint density at radius 3 is 2.65 bits per heavy atom. The maximum Gasteiger partial charge on any atom is 0.333 e. The second kappa shape index (κ2) is 13.8. The second-order valence-electron chi connectivity index (χ2n) is 13.1. The third-order valence-corrected chi connectivity index (χ3v) is 10.3. The van der Waals surface area contributed by atoms with E-state index in [1.165, 1.54) is 4.57 Å². The Hall–Kier alpha value is -5.27. The van der Waals surface area contributed by atoms with Crippen molar-refractivity contribution in [2.24, 2.45) is 0 Å². The average molecular weight is 752 g/mol. The lowest BCUT2D eigenvalue weighted by atomic mass is 10.0. The largest absolute Gasteiger partial charge is 0.392 e. The summed E-state index contributed by atoms with van der Waals surface area (Å²) in [5, 5.41) is 17.7. The Bertz CT molecular complexity index is 2350. The standard InChI is InChI=1S/C38H39BrN8O4/c1-5-44-15-14-31(42-44)29-9-7-6-8-27(29)18-40-36(49)35-34-21-45(37(50)26-10-12-30(39)23(2)16-26)24(3)19-46(34)38(51)47(35)28-11-13-33-32(17-28)41-22-43(33)20-25(4)48/h6-17,22,24-25,48H,5,18-21H2,1-4H3,(H,40,49)/t24-,25+/m0/s1. The highest BCUT2D eigenvalue weighted by molar-refractivity contribution is 9.10. The van der Waals surface area contributed by atoms with Crippen molar-refractivity contribution in [3.05, 3.63) is 122 Å². The lowest BCUT2D eigenvalue weighted by molar-refractivity contribution is 0.0610. The summed E-state index contributed by atoms with van der Waals surface area (Å²) >= 11 is 3.51. The highest BCUT2D eigenvalue weighted by atomic mass is 79.9. The number of imidazole rings is 2. The molecular formula is C38H39BrN8O4. The van der Waals surface area contributed by atoms with Gasteiger partial charge in [0.05, 0.1) is 47.1 Å². The molecule has 6 aromatic rings. The highest BCUT2D eigenvalue weighted by Crippen LogP contribution is 2.28. The van der Waals surface area contributed by atoms with E-state index in [2.05, 4.69) is 31.3 Å². The van der Waals surface area contributed by atoms with Crippen LogP contribution in [0.2, 0.25) is 0 Å². The van der Waals surface area contributed by atoms with E-state index in [4.69, 9.17) is 0 Å². The van der Waals surface area contributed by atoms with Gasteiger partial charge < -0.3 is 19.9 Å². The maximum absolute atomic E-state index is 14.4. The topological polar surface area (TPSA) is 132 Å². The van der Waals surface area contributed by atoms with E-state index in [-0.39, 0.29) is 43.0 Å². The van der Waals surface area contributed by atoms with Crippen LogP contribution in [0.15, 0.2) is 88.5 Å². The van der Waals surface area contributed by atoms with Crippen molar-refractivity contribution in [1.29, 1.82) is 0 Å². The van der Waals surface area contributed by atoms with Crippen LogP contribution in [0.4, 0.5) is 0 Å². The predicted molar refractivity (Wildman–Crippen MR) is 198 cm³/mol. The number of aliphatic hydroxyl groups is 1. The number of aryl methyl sites for hydroxylation is 2. The summed E-state index contributed by atoms with van der Waals surface area (Å²) in [7, 11) is 0. The number of benzene rings is 3. The molecule has 3 aromatic carbocycles. The first-order chi connectivity index (χ1) is 24.5. The van der Waals surface area contributed by atoms with Crippen molar-refractivity contribution < 1.29 is 14.7 Å². The molecule has 0 saturated carbocycles. The van der Waals surface area contributed by atoms with Crippen LogP contribution in [-0.4, -0.2) is 62.4 Å². The molecule has 1 aliphatic heterocycles. The number of amides is 2. The molecule has 0 aliphatic carbocycles. The molecule has 2 atom stereocenters. The van der Waals surface area contributed by atoms with Gasteiger partial charge in [0.1, 0.15) is 5.69 Å². The van der Waals surface area contributed by atoms with E-state index in [1.807, 2.05) is 84.7 Å². The first-order valence-electron chi connectivity index (χ1n) is 17.0. The summed E-state index contributed by atoms with van der Waals surface area (Å²) in [5.41, 5.74) is 6.15. The molecule has 0 unspecified atom stereocenters. The number of nitrogens with one attached hydrogen (secondary N) is 1. The molecule has 3 aromatic heterocycles. The number of aromatic nitrogens is 6. The molecule has 0 radical (unpaired) electrons. The molecule has 12 nitrogen and oxygen atoms in total. The molecule has 7 rings (SSSR count). The van der Waals surface area contributed by atoms with Gasteiger partial charge in [-0.3, -0.25) is 23.4 Å². The Kier molecular flexibility index (Phi) is 9.25. The van der Waals surface area contributed by atoms with Crippen LogP contribution < -0.4 is 11.0 Å². The van der Waals surface area contributed by atoms with Crippen LogP contribution in [-0.2, 0) is 32.7 Å². The number of hydrogen-bond acceptors (Lipinski definition) is 6. The van der Waals surface area contributed by atoms with Gasteiger partial charge in [0, 0.05) is 54.0 Å². The molecule has 2 amide bonds. The summed E-state index contributed by atoms with van der Waals surface area (Å²) in [6.07, 6.45) is 3.00. The predicted octanol–water partition coefficient (Wildman–Crippen LogP) is 5.30. The van der Waals surface area contributed by atoms with E-state index < -0.39 is 12.0 Å². The molecule has 2 N–H and O–H groups in total. The van der Waals surface area contributed by atoms with Crippen LogP contribution in [0.1, 0.15) is 58.4 Å². The van der Waals surface area contributed by atoms with Crippen LogP contribution in [0.25, 0.3) is 28.0 Å². The van der Waals surface area contributed by atoms with Gasteiger partial charge in [-0.1, -0.05) is 40.2 Å². The van der Waals surface area contributed by atoms with Gasteiger partial charge >= 0.3 is 5.69 Å². The van der Waals surface area contributed by atoms with Crippen molar-refractivity contribution in [3.63, 3.8) is 0 Å². The fraction of sp³-hybridized carbons (Fsp3) is 0.289. The zero-order valence-electron chi connectivity index (χ0n) is 28.9. The number of carbonyl (C=O) groups excluding carboxylic acids is 2. The third kappa shape index (κ3) is 6.43. The van der Waals surface area contributed by atoms with Crippen molar-refractivity contribution in [1.82, 2.24) is 38.7 Å². The Labute approximate surface area is 303 Å². The fourth-order valence-electron chi connectivity index (χ4n) is 6.79. The van der Waals surface area contributed by atoms with Crippen molar-refractivity contribution in [2.45, 2.75) is 72.6 Å². The Balaban J connectivity index is 1.29. The molecule has 0 fully saturated rings. The zero-order chi connectivity index (χ0) is 36.0. The van der Waals surface area contributed by atoms with Crippen LogP contribution >= 0.6 is 15.9 Å². The van der Waals surface area contributed by atoms with E-state index in [0.29, 0.717) is 29.0 Å². The Morgan fingerprint density at radius 2 is 1.90 bits per heavy atom. The lowest BCUT2D eigenvalue weighted by Crippen LogP contribution is -2.47. The molecule has 13 heteroatoms. The quantitative estimate of drug-likeness (QED) is 0.206. The molecule has 0 saturated heterocycles. The second-order valence-corrected chi connectivity index (χ2v) is 13.9. The number of rotatable bonds is 9. The van der Waals surface area contributed by atoms with Gasteiger partial charge in [0.2, 0.25) is 0 Å². The fourth-order valence-corrected chi connectivity index (χ4v) is 7.04. The number of carbonyl (C=O) groups is 2. The van der Waals surface area contributed by atoms with Gasteiger partial charge in [-0.05, 0) is 81.3 Å². The summed E-state index contributed by atoms with van der Waals surface area (Å²) in [5.74, 6) is -0.627. The normalized spacial score (nSPS) is 14.9. The Morgan fingerprint density at radius 1 is 1.10 bits per heavy atom. The van der Waals surface area contributed by atoms with Crippen LogP contribution in [0, 0.1) is 6.92 Å². The summed E-state index contributed by atoms with van der Waals surface area (Å²) in [6.45, 7) is 9.15. The van der Waals surface area contributed by atoms with Gasteiger partial charge in [-0.25, -0.2) is 9.78 Å². The third-order valence-electron chi connectivity index (χ3n) is 9.45. The summed E-state index contributed by atoms with van der Waals surface area (Å²) in [4.78, 5) is 48.9. The highest BCUT2D eigenvalue weighted by Gasteiger charge is 2.35. The molecule has 0 bridgehead atoms. The van der Waals surface area contributed by atoms with Gasteiger partial charge in [-0.15, -0.1) is 0 Å². The van der Waals surface area contributed by atoms with E-state index >= 15 is 0 Å². The average Bonchev–Trinajstić information content (AvgIpc) is 3.83. The van der Waals surface area contributed by atoms with Gasteiger partial charge in [0.25, 0.3) is 11.8 Å². The van der Waals surface area contributed by atoms with Gasteiger partial charge in [0.15, 0.2) is 0 Å². The number of fused-ring (bicyclic) bond motifs is 2. The molecule has 262 valence electrons. The van der Waals surface area contributed by atoms with Crippen molar-refractivity contribution in [2.75, 3.05) is 0 Å². The summed E-state index contributed by atoms with van der Waals surface area (Å²) in [6, 6.07) is 20.3.